The molecule has 0 aromatic rings. The summed E-state index contributed by atoms with van der Waals surface area (Å²) >= 11 is 7.59. The van der Waals surface area contributed by atoms with Gasteiger partial charge in [0.2, 0.25) is 5.29 Å². The Balaban J connectivity index is 1.75. The first kappa shape index (κ1) is 16.3. The van der Waals surface area contributed by atoms with Crippen LogP contribution in [0.1, 0.15) is 40.5 Å². The molecule has 3 rings (SSSR count). The van der Waals surface area contributed by atoms with Crippen molar-refractivity contribution in [1.29, 1.82) is 0 Å². The summed E-state index contributed by atoms with van der Waals surface area (Å²) < 4.78 is 0. The predicted octanol–water partition coefficient (Wildman–Crippen LogP) is 2.70. The van der Waals surface area contributed by atoms with Crippen LogP contribution in [-0.4, -0.2) is 57.2 Å². The summed E-state index contributed by atoms with van der Waals surface area (Å²) in [6.07, 6.45) is 4.00. The number of thioether (sulfide) groups is 1. The molecule has 0 spiro atoms. The second-order valence-corrected chi connectivity index (χ2v) is 9.07. The highest BCUT2D eigenvalue weighted by Gasteiger charge is 2.41. The molecule has 22 heavy (non-hydrogen) atoms. The van der Waals surface area contributed by atoms with E-state index >= 15 is 0 Å². The minimum atomic E-state index is 0.0210. The number of nitrogens with one attached hydrogen (secondary N) is 1. The maximum absolute atomic E-state index is 5.90. The van der Waals surface area contributed by atoms with Crippen LogP contribution in [0, 0.1) is 0 Å². The average Bonchev–Trinajstić information content (AvgIpc) is 2.76. The van der Waals surface area contributed by atoms with Crippen molar-refractivity contribution in [2.75, 3.05) is 7.05 Å². The van der Waals surface area contributed by atoms with Crippen molar-refractivity contribution >= 4 is 40.0 Å². The van der Waals surface area contributed by atoms with Crippen molar-refractivity contribution in [3.05, 3.63) is 0 Å². The first-order chi connectivity index (χ1) is 10.2. The Bertz CT molecular complexity index is 538. The lowest BCUT2D eigenvalue weighted by Crippen LogP contribution is -2.62. The van der Waals surface area contributed by atoms with Crippen LogP contribution in [0.25, 0.3) is 0 Å². The number of piperidine rings is 1. The van der Waals surface area contributed by atoms with Crippen molar-refractivity contribution in [3.8, 4) is 0 Å². The lowest BCUT2D eigenvalue weighted by atomic mass is 9.79. The van der Waals surface area contributed by atoms with Gasteiger partial charge in [0.1, 0.15) is 11.4 Å². The first-order valence-electron chi connectivity index (χ1n) is 7.69. The monoisotopic (exact) mass is 341 g/mol. The standard InChI is InChI=1S/C15H24ClN5S/c1-14(2)6-9(7-15(3,4)20-14)21(5)13-18-10-8-17-12(16)19-11(10)22-13/h8-11,20H,6-7H2,1-5H3. The smallest absolute Gasteiger partial charge is 0.218 e. The van der Waals surface area contributed by atoms with Crippen LogP contribution in [0.5, 0.6) is 0 Å². The van der Waals surface area contributed by atoms with Crippen LogP contribution >= 0.6 is 23.4 Å². The molecule has 5 nitrogen and oxygen atoms in total. The molecule has 1 fully saturated rings. The third-order valence-electron chi connectivity index (χ3n) is 4.36. The van der Waals surface area contributed by atoms with E-state index in [1.807, 2.05) is 6.21 Å². The van der Waals surface area contributed by atoms with Gasteiger partial charge in [-0.05, 0) is 52.1 Å². The summed E-state index contributed by atoms with van der Waals surface area (Å²) in [5, 5.41) is 5.16. The van der Waals surface area contributed by atoms with Gasteiger partial charge in [-0.3, -0.25) is 4.99 Å². The maximum atomic E-state index is 5.90. The predicted molar refractivity (Wildman–Crippen MR) is 96.5 cm³/mol. The molecule has 2 atom stereocenters. The SMILES string of the molecule is CN(C1=NC2C=NC(Cl)=NC2S1)C1CC(C)(C)NC(C)(C)C1. The fourth-order valence-corrected chi connectivity index (χ4v) is 5.11. The fraction of sp³-hybridized carbons (Fsp3) is 0.800. The lowest BCUT2D eigenvalue weighted by Gasteiger charge is -2.49. The van der Waals surface area contributed by atoms with Crippen molar-refractivity contribution in [1.82, 2.24) is 10.2 Å². The minimum absolute atomic E-state index is 0.0210. The van der Waals surface area contributed by atoms with E-state index in [0.717, 1.165) is 18.0 Å². The highest BCUT2D eigenvalue weighted by molar-refractivity contribution is 8.14. The minimum Gasteiger partial charge on any atom is -0.351 e. The van der Waals surface area contributed by atoms with Crippen molar-refractivity contribution in [2.45, 2.75) is 69.1 Å². The molecule has 0 aliphatic carbocycles. The molecular weight excluding hydrogens is 318 g/mol. The van der Waals surface area contributed by atoms with E-state index in [4.69, 9.17) is 16.6 Å². The van der Waals surface area contributed by atoms with E-state index in [2.05, 4.69) is 54.9 Å². The summed E-state index contributed by atoms with van der Waals surface area (Å²) in [7, 11) is 2.15. The number of fused-ring (bicyclic) bond motifs is 1. The normalized spacial score (nSPS) is 33.2. The van der Waals surface area contributed by atoms with E-state index in [9.17, 15) is 0 Å². The van der Waals surface area contributed by atoms with Gasteiger partial charge in [-0.2, -0.15) is 0 Å². The maximum Gasteiger partial charge on any atom is 0.218 e. The molecule has 0 amide bonds. The number of hydrogen-bond acceptors (Lipinski definition) is 6. The molecule has 0 radical (unpaired) electrons. The number of aliphatic imine (C=N–C) groups is 3. The van der Waals surface area contributed by atoms with Crippen molar-refractivity contribution < 1.29 is 0 Å². The number of hydrogen-bond donors (Lipinski definition) is 1. The van der Waals surface area contributed by atoms with Crippen LogP contribution < -0.4 is 5.32 Å². The Kier molecular flexibility index (Phi) is 4.06. The van der Waals surface area contributed by atoms with Crippen LogP contribution in [0.4, 0.5) is 0 Å². The molecule has 3 aliphatic rings. The third-order valence-corrected chi connectivity index (χ3v) is 5.79. The Morgan fingerprint density at radius 1 is 1.23 bits per heavy atom. The number of rotatable bonds is 1. The van der Waals surface area contributed by atoms with E-state index in [0.29, 0.717) is 11.3 Å². The number of nitrogens with zero attached hydrogens (tertiary/aromatic N) is 4. The van der Waals surface area contributed by atoms with Gasteiger partial charge in [0.15, 0.2) is 5.17 Å². The number of amidine groups is 2. The molecule has 1 N–H and O–H groups in total. The third kappa shape index (κ3) is 3.34. The average molecular weight is 342 g/mol. The second-order valence-electron chi connectivity index (χ2n) is 7.65. The summed E-state index contributed by atoms with van der Waals surface area (Å²) in [6.45, 7) is 9.09. The Morgan fingerprint density at radius 2 is 1.86 bits per heavy atom. The van der Waals surface area contributed by atoms with Gasteiger partial charge in [0.05, 0.1) is 0 Å². The first-order valence-corrected chi connectivity index (χ1v) is 8.95. The van der Waals surface area contributed by atoms with Gasteiger partial charge in [-0.25, -0.2) is 9.98 Å². The summed E-state index contributed by atoms with van der Waals surface area (Å²) in [5.41, 5.74) is 0.250. The molecule has 0 bridgehead atoms. The van der Waals surface area contributed by atoms with Crippen LogP contribution in [0.2, 0.25) is 0 Å². The molecule has 2 unspecified atom stereocenters. The van der Waals surface area contributed by atoms with Gasteiger partial charge in [0, 0.05) is 30.4 Å². The van der Waals surface area contributed by atoms with Crippen molar-refractivity contribution in [3.63, 3.8) is 0 Å². The van der Waals surface area contributed by atoms with E-state index in [1.54, 1.807) is 11.8 Å². The van der Waals surface area contributed by atoms with E-state index in [-0.39, 0.29) is 22.5 Å². The highest BCUT2D eigenvalue weighted by atomic mass is 35.5. The molecule has 7 heteroatoms. The van der Waals surface area contributed by atoms with Gasteiger partial charge in [-0.15, -0.1) is 0 Å². The van der Waals surface area contributed by atoms with Crippen LogP contribution in [-0.2, 0) is 0 Å². The van der Waals surface area contributed by atoms with E-state index in [1.165, 1.54) is 0 Å². The van der Waals surface area contributed by atoms with Gasteiger partial charge >= 0.3 is 0 Å². The Labute approximate surface area is 141 Å². The molecule has 3 heterocycles. The van der Waals surface area contributed by atoms with Crippen molar-refractivity contribution in [2.24, 2.45) is 15.0 Å². The van der Waals surface area contributed by atoms with Crippen LogP contribution in [0.15, 0.2) is 15.0 Å². The zero-order chi connectivity index (χ0) is 16.1. The second kappa shape index (κ2) is 5.49. The molecule has 0 saturated carbocycles. The number of halogens is 1. The van der Waals surface area contributed by atoms with Gasteiger partial charge < -0.3 is 10.2 Å². The molecule has 0 aromatic heterocycles. The zero-order valence-corrected chi connectivity index (χ0v) is 15.4. The highest BCUT2D eigenvalue weighted by Crippen LogP contribution is 2.36. The molecule has 122 valence electrons. The topological polar surface area (TPSA) is 52.4 Å². The molecule has 1 saturated heterocycles. The summed E-state index contributed by atoms with van der Waals surface area (Å²) in [6, 6.07) is 0.488. The lowest BCUT2D eigenvalue weighted by molar-refractivity contribution is 0.115. The zero-order valence-electron chi connectivity index (χ0n) is 13.8. The van der Waals surface area contributed by atoms with Gasteiger partial charge in [-0.1, -0.05) is 11.8 Å². The summed E-state index contributed by atoms with van der Waals surface area (Å²) in [4.78, 5) is 15.5. The Morgan fingerprint density at radius 3 is 2.50 bits per heavy atom. The van der Waals surface area contributed by atoms with Crippen LogP contribution in [0.3, 0.4) is 0 Å². The Hall–Kier alpha value is -0.590. The molecular formula is C15H24ClN5S. The summed E-state index contributed by atoms with van der Waals surface area (Å²) in [5.74, 6) is 0. The molecule has 0 aromatic carbocycles. The quantitative estimate of drug-likeness (QED) is 0.746. The molecule has 3 aliphatic heterocycles. The fourth-order valence-electron chi connectivity index (χ4n) is 3.76. The van der Waals surface area contributed by atoms with Gasteiger partial charge in [0.25, 0.3) is 0 Å². The largest absolute Gasteiger partial charge is 0.351 e. The van der Waals surface area contributed by atoms with E-state index < -0.39 is 0 Å².